The number of pyridine rings is 1. The van der Waals surface area contributed by atoms with Crippen LogP contribution in [0.25, 0.3) is 16.2 Å². The molecular formula is C16H18F3N7S. The van der Waals surface area contributed by atoms with Crippen molar-refractivity contribution >= 4 is 27.2 Å². The molecule has 0 atom stereocenters. The lowest BCUT2D eigenvalue weighted by Crippen LogP contribution is -2.32. The summed E-state index contributed by atoms with van der Waals surface area (Å²) in [6, 6.07) is 1.52. The summed E-state index contributed by atoms with van der Waals surface area (Å²) in [5.41, 5.74) is 11.0. The molecular weight excluding hydrogens is 379 g/mol. The first-order chi connectivity index (χ1) is 12.8. The maximum Gasteiger partial charge on any atom is 0.419 e. The van der Waals surface area contributed by atoms with Gasteiger partial charge in [-0.15, -0.1) is 5.10 Å². The van der Waals surface area contributed by atoms with Gasteiger partial charge in [0.05, 0.1) is 17.5 Å². The Morgan fingerprint density at radius 2 is 1.89 bits per heavy atom. The summed E-state index contributed by atoms with van der Waals surface area (Å²) in [5.74, 6) is -0.553. The number of rotatable bonds is 3. The van der Waals surface area contributed by atoms with Crippen LogP contribution in [-0.4, -0.2) is 31.7 Å². The molecule has 0 aromatic carbocycles. The van der Waals surface area contributed by atoms with Gasteiger partial charge < -0.3 is 16.8 Å². The van der Waals surface area contributed by atoms with Crippen LogP contribution >= 0.6 is 11.3 Å². The molecule has 0 spiro atoms. The molecule has 4 rings (SSSR count). The highest BCUT2D eigenvalue weighted by Gasteiger charge is 2.34. The van der Waals surface area contributed by atoms with Gasteiger partial charge in [0.25, 0.3) is 0 Å². The van der Waals surface area contributed by atoms with Crippen molar-refractivity contribution < 1.29 is 13.2 Å². The van der Waals surface area contributed by atoms with Gasteiger partial charge in [0.2, 0.25) is 10.1 Å². The van der Waals surface area contributed by atoms with Crippen molar-refractivity contribution in [1.82, 2.24) is 19.6 Å². The van der Waals surface area contributed by atoms with Crippen molar-refractivity contribution in [2.45, 2.75) is 43.9 Å². The number of nitrogens with two attached hydrogens (primary N) is 2. The number of imidazole rings is 1. The molecule has 3 aromatic rings. The zero-order chi connectivity index (χ0) is 19.2. The van der Waals surface area contributed by atoms with Gasteiger partial charge in [-0.2, -0.15) is 13.2 Å². The Hall–Kier alpha value is -2.40. The van der Waals surface area contributed by atoms with Crippen LogP contribution in [-0.2, 0) is 6.18 Å². The van der Waals surface area contributed by atoms with Crippen LogP contribution in [0.15, 0.2) is 18.5 Å². The Bertz CT molecular complexity index is 957. The molecule has 27 heavy (non-hydrogen) atoms. The van der Waals surface area contributed by atoms with Crippen molar-refractivity contribution in [3.63, 3.8) is 0 Å². The van der Waals surface area contributed by atoms with E-state index in [1.54, 1.807) is 0 Å². The number of aromatic nitrogens is 4. The van der Waals surface area contributed by atoms with Gasteiger partial charge >= 0.3 is 6.18 Å². The van der Waals surface area contributed by atoms with E-state index in [9.17, 15) is 13.2 Å². The Labute approximate surface area is 156 Å². The van der Waals surface area contributed by atoms with Crippen molar-refractivity contribution in [3.8, 4) is 11.3 Å². The number of alkyl halides is 3. The lowest BCUT2D eigenvalue weighted by atomic mass is 9.92. The van der Waals surface area contributed by atoms with E-state index >= 15 is 0 Å². The van der Waals surface area contributed by atoms with Crippen LogP contribution in [0.5, 0.6) is 0 Å². The minimum absolute atomic E-state index is 0.254. The SMILES string of the molecule is Nc1ncc(-c2cnc3sc(NC4CCC(N)CC4)nn23)cc1C(F)(F)F. The Morgan fingerprint density at radius 3 is 2.59 bits per heavy atom. The van der Waals surface area contributed by atoms with Crippen molar-refractivity contribution in [3.05, 3.63) is 24.0 Å². The fourth-order valence-corrected chi connectivity index (χ4v) is 4.08. The van der Waals surface area contributed by atoms with Gasteiger partial charge in [0.15, 0.2) is 0 Å². The van der Waals surface area contributed by atoms with Gasteiger partial charge in [0.1, 0.15) is 5.82 Å². The first-order valence-electron chi connectivity index (χ1n) is 8.51. The molecule has 0 saturated heterocycles. The van der Waals surface area contributed by atoms with E-state index in [0.29, 0.717) is 21.8 Å². The van der Waals surface area contributed by atoms with E-state index in [-0.39, 0.29) is 11.6 Å². The average Bonchev–Trinajstić information content (AvgIpc) is 3.16. The van der Waals surface area contributed by atoms with E-state index in [2.05, 4.69) is 20.4 Å². The number of nitrogen functional groups attached to an aromatic ring is 1. The smallest absolute Gasteiger partial charge is 0.383 e. The highest BCUT2D eigenvalue weighted by atomic mass is 32.1. The summed E-state index contributed by atoms with van der Waals surface area (Å²) < 4.78 is 40.8. The third kappa shape index (κ3) is 3.56. The lowest BCUT2D eigenvalue weighted by molar-refractivity contribution is -0.137. The normalized spacial score (nSPS) is 20.9. The highest BCUT2D eigenvalue weighted by molar-refractivity contribution is 7.20. The summed E-state index contributed by atoms with van der Waals surface area (Å²) >= 11 is 1.35. The average molecular weight is 397 g/mol. The van der Waals surface area contributed by atoms with E-state index < -0.39 is 17.6 Å². The summed E-state index contributed by atoms with van der Waals surface area (Å²) in [6.45, 7) is 0. The minimum Gasteiger partial charge on any atom is -0.383 e. The molecule has 144 valence electrons. The van der Waals surface area contributed by atoms with Crippen LogP contribution in [0.2, 0.25) is 0 Å². The van der Waals surface area contributed by atoms with Gasteiger partial charge in [0, 0.05) is 23.8 Å². The highest BCUT2D eigenvalue weighted by Crippen LogP contribution is 2.35. The standard InChI is InChI=1S/C16H18F3N7S/c17-16(18,19)11-5-8(6-22-13(11)21)12-7-23-15-26(12)25-14(27-15)24-10-3-1-9(20)2-4-10/h5-7,9-10H,1-4,20H2,(H2,21,22)(H,24,25). The second kappa shape index (κ2) is 6.64. The molecule has 0 unspecified atom stereocenters. The van der Waals surface area contributed by atoms with E-state index in [0.717, 1.165) is 31.7 Å². The summed E-state index contributed by atoms with van der Waals surface area (Å²) in [5, 5.41) is 8.52. The molecule has 11 heteroatoms. The number of nitrogens with one attached hydrogen (secondary N) is 1. The number of anilines is 2. The van der Waals surface area contributed by atoms with Crippen LogP contribution < -0.4 is 16.8 Å². The van der Waals surface area contributed by atoms with Crippen LogP contribution in [0.1, 0.15) is 31.2 Å². The van der Waals surface area contributed by atoms with Gasteiger partial charge in [-0.05, 0) is 31.7 Å². The second-order valence-electron chi connectivity index (χ2n) is 6.66. The van der Waals surface area contributed by atoms with E-state index in [4.69, 9.17) is 11.5 Å². The lowest BCUT2D eigenvalue weighted by Gasteiger charge is -2.26. The number of hydrogen-bond donors (Lipinski definition) is 3. The molecule has 0 amide bonds. The predicted octanol–water partition coefficient (Wildman–Crippen LogP) is 3.14. The van der Waals surface area contributed by atoms with Crippen LogP contribution in [0, 0.1) is 0 Å². The first kappa shape index (κ1) is 18.0. The quantitative estimate of drug-likeness (QED) is 0.627. The zero-order valence-electron chi connectivity index (χ0n) is 14.2. The maximum atomic E-state index is 13.1. The van der Waals surface area contributed by atoms with E-state index in [1.165, 1.54) is 28.2 Å². The van der Waals surface area contributed by atoms with Crippen LogP contribution in [0.3, 0.4) is 0 Å². The maximum absolute atomic E-state index is 13.1. The largest absolute Gasteiger partial charge is 0.419 e. The zero-order valence-corrected chi connectivity index (χ0v) is 15.0. The fraction of sp³-hybridized carbons (Fsp3) is 0.438. The third-order valence-electron chi connectivity index (χ3n) is 4.70. The second-order valence-corrected chi connectivity index (χ2v) is 7.61. The van der Waals surface area contributed by atoms with Gasteiger partial charge in [-0.3, -0.25) is 0 Å². The molecule has 5 N–H and O–H groups in total. The molecule has 1 saturated carbocycles. The first-order valence-corrected chi connectivity index (χ1v) is 9.32. The molecule has 7 nitrogen and oxygen atoms in total. The van der Waals surface area contributed by atoms with Gasteiger partial charge in [-0.1, -0.05) is 11.3 Å². The number of halogens is 3. The van der Waals surface area contributed by atoms with Crippen molar-refractivity contribution in [1.29, 1.82) is 0 Å². The van der Waals surface area contributed by atoms with E-state index in [1.807, 2.05) is 0 Å². The summed E-state index contributed by atoms with van der Waals surface area (Å²) in [7, 11) is 0. The number of hydrogen-bond acceptors (Lipinski definition) is 7. The Kier molecular flexibility index (Phi) is 4.42. The Morgan fingerprint density at radius 1 is 1.15 bits per heavy atom. The molecule has 0 radical (unpaired) electrons. The molecule has 0 bridgehead atoms. The molecule has 1 aliphatic rings. The molecule has 3 aromatic heterocycles. The topological polar surface area (TPSA) is 107 Å². The summed E-state index contributed by atoms with van der Waals surface area (Å²) in [4.78, 5) is 8.52. The monoisotopic (exact) mass is 397 g/mol. The third-order valence-corrected chi connectivity index (χ3v) is 5.56. The molecule has 1 fully saturated rings. The number of fused-ring (bicyclic) bond motifs is 1. The molecule has 3 heterocycles. The van der Waals surface area contributed by atoms with Crippen LogP contribution in [0.4, 0.5) is 24.1 Å². The van der Waals surface area contributed by atoms with Crippen molar-refractivity contribution in [2.24, 2.45) is 5.73 Å². The molecule has 0 aliphatic heterocycles. The predicted molar refractivity (Wildman–Crippen MR) is 97.4 cm³/mol. The summed E-state index contributed by atoms with van der Waals surface area (Å²) in [6.07, 6.45) is 2.05. The Balaban J connectivity index is 1.63. The molecule has 1 aliphatic carbocycles. The van der Waals surface area contributed by atoms with Gasteiger partial charge in [-0.25, -0.2) is 14.5 Å². The number of nitrogens with zero attached hydrogens (tertiary/aromatic N) is 4. The minimum atomic E-state index is -4.58. The van der Waals surface area contributed by atoms with Crippen molar-refractivity contribution in [2.75, 3.05) is 11.1 Å². The fourth-order valence-electron chi connectivity index (χ4n) is 3.23.